The molecule has 0 aliphatic heterocycles. The van der Waals surface area contributed by atoms with Crippen LogP contribution >= 0.6 is 0 Å². The zero-order valence-corrected chi connectivity index (χ0v) is 17.9. The molecule has 0 unspecified atom stereocenters. The lowest BCUT2D eigenvalue weighted by atomic mass is 10.1. The van der Waals surface area contributed by atoms with Crippen LogP contribution in [0.25, 0.3) is 16.8 Å². The Morgan fingerprint density at radius 3 is 2.65 bits per heavy atom. The molecule has 7 nitrogen and oxygen atoms in total. The zero-order valence-electron chi connectivity index (χ0n) is 17.9. The number of nitrogens with zero attached hydrogens (tertiary/aromatic N) is 4. The molecular formula is C23H24FN5O2. The van der Waals surface area contributed by atoms with Crippen LogP contribution < -0.4 is 14.8 Å². The van der Waals surface area contributed by atoms with Crippen LogP contribution in [0.1, 0.15) is 25.1 Å². The second kappa shape index (κ2) is 8.59. The molecule has 0 aliphatic carbocycles. The Morgan fingerprint density at radius 2 is 1.90 bits per heavy atom. The molecule has 1 aromatic carbocycles. The molecule has 8 heteroatoms. The van der Waals surface area contributed by atoms with Crippen molar-refractivity contribution in [1.29, 1.82) is 0 Å². The lowest BCUT2D eigenvalue weighted by molar-refractivity contribution is 0.232. The standard InChI is InChI=1S/C23H24FN5O2/c1-14(2)31-22-11-9-16(15(3)27-22)17-8-10-21(29-13-26-28-23(17)29)25-12-18-19(24)6-5-7-20(18)30-4/h5-11,13-14,25H,12H2,1-4H3. The predicted molar refractivity (Wildman–Crippen MR) is 117 cm³/mol. The maximum Gasteiger partial charge on any atom is 0.213 e. The van der Waals surface area contributed by atoms with Gasteiger partial charge in [0, 0.05) is 35.0 Å². The van der Waals surface area contributed by atoms with Crippen molar-refractivity contribution in [3.63, 3.8) is 0 Å². The van der Waals surface area contributed by atoms with E-state index >= 15 is 0 Å². The first kappa shape index (κ1) is 20.6. The first-order chi connectivity index (χ1) is 15.0. The Labute approximate surface area is 179 Å². The number of methoxy groups -OCH3 is 1. The molecule has 0 radical (unpaired) electrons. The number of halogens is 1. The van der Waals surface area contributed by atoms with Gasteiger partial charge in [-0.3, -0.25) is 4.40 Å². The fourth-order valence-electron chi connectivity index (χ4n) is 3.48. The predicted octanol–water partition coefficient (Wildman–Crippen LogP) is 4.65. The van der Waals surface area contributed by atoms with Gasteiger partial charge in [-0.15, -0.1) is 10.2 Å². The lowest BCUT2D eigenvalue weighted by Crippen LogP contribution is -2.08. The van der Waals surface area contributed by atoms with Gasteiger partial charge in [-0.2, -0.15) is 0 Å². The van der Waals surface area contributed by atoms with E-state index < -0.39 is 0 Å². The van der Waals surface area contributed by atoms with E-state index in [9.17, 15) is 4.39 Å². The van der Waals surface area contributed by atoms with Crippen LogP contribution in [0.15, 0.2) is 48.8 Å². The van der Waals surface area contributed by atoms with Crippen molar-refractivity contribution in [3.8, 4) is 22.8 Å². The molecule has 0 amide bonds. The van der Waals surface area contributed by atoms with Gasteiger partial charge >= 0.3 is 0 Å². The topological polar surface area (TPSA) is 73.6 Å². The molecular weight excluding hydrogens is 397 g/mol. The Morgan fingerprint density at radius 1 is 1.10 bits per heavy atom. The molecule has 0 saturated carbocycles. The van der Waals surface area contributed by atoms with Gasteiger partial charge in [0.15, 0.2) is 5.65 Å². The average Bonchev–Trinajstić information content (AvgIpc) is 3.23. The number of fused-ring (bicyclic) bond motifs is 1. The second-order valence-corrected chi connectivity index (χ2v) is 7.38. The molecule has 31 heavy (non-hydrogen) atoms. The third-order valence-electron chi connectivity index (χ3n) is 4.91. The number of nitrogens with one attached hydrogen (secondary N) is 1. The van der Waals surface area contributed by atoms with Crippen molar-refractivity contribution in [1.82, 2.24) is 19.6 Å². The fraction of sp³-hybridized carbons (Fsp3) is 0.261. The number of anilines is 1. The molecule has 3 heterocycles. The SMILES string of the molecule is COc1cccc(F)c1CNc1ccc(-c2ccc(OC(C)C)nc2C)c2nncn12. The fourth-order valence-corrected chi connectivity index (χ4v) is 3.48. The van der Waals surface area contributed by atoms with Crippen LogP contribution in [-0.4, -0.2) is 32.8 Å². The minimum Gasteiger partial charge on any atom is -0.496 e. The number of hydrogen-bond donors (Lipinski definition) is 1. The summed E-state index contributed by atoms with van der Waals surface area (Å²) < 4.78 is 27.1. The molecule has 0 fully saturated rings. The van der Waals surface area contributed by atoms with Crippen molar-refractivity contribution >= 4 is 11.5 Å². The molecule has 4 rings (SSSR count). The summed E-state index contributed by atoms with van der Waals surface area (Å²) in [5.74, 6) is 1.49. The summed E-state index contributed by atoms with van der Waals surface area (Å²) in [4.78, 5) is 4.56. The van der Waals surface area contributed by atoms with Gasteiger partial charge in [0.05, 0.1) is 13.2 Å². The average molecular weight is 421 g/mol. The molecule has 1 N–H and O–H groups in total. The summed E-state index contributed by atoms with van der Waals surface area (Å²) in [5, 5.41) is 11.6. The van der Waals surface area contributed by atoms with Crippen LogP contribution in [0.3, 0.4) is 0 Å². The first-order valence-corrected chi connectivity index (χ1v) is 10.0. The monoisotopic (exact) mass is 421 g/mol. The number of aromatic nitrogens is 4. The van der Waals surface area contributed by atoms with Crippen LogP contribution in [0, 0.1) is 12.7 Å². The van der Waals surface area contributed by atoms with Crippen LogP contribution in [0.2, 0.25) is 0 Å². The van der Waals surface area contributed by atoms with E-state index in [1.54, 1.807) is 18.5 Å². The van der Waals surface area contributed by atoms with Gasteiger partial charge < -0.3 is 14.8 Å². The molecule has 160 valence electrons. The highest BCUT2D eigenvalue weighted by molar-refractivity contribution is 5.80. The van der Waals surface area contributed by atoms with Gasteiger partial charge in [-0.05, 0) is 51.1 Å². The summed E-state index contributed by atoms with van der Waals surface area (Å²) in [6.45, 7) is 6.12. The molecule has 0 atom stereocenters. The minimum atomic E-state index is -0.325. The maximum absolute atomic E-state index is 14.3. The van der Waals surface area contributed by atoms with E-state index in [1.165, 1.54) is 13.2 Å². The molecule has 3 aromatic heterocycles. The van der Waals surface area contributed by atoms with Crippen molar-refractivity contribution < 1.29 is 13.9 Å². The van der Waals surface area contributed by atoms with Crippen molar-refractivity contribution in [2.45, 2.75) is 33.4 Å². The summed E-state index contributed by atoms with van der Waals surface area (Å²) in [6, 6.07) is 12.5. The quantitative estimate of drug-likeness (QED) is 0.468. The highest BCUT2D eigenvalue weighted by Gasteiger charge is 2.15. The van der Waals surface area contributed by atoms with E-state index in [-0.39, 0.29) is 18.5 Å². The molecule has 0 aliphatic rings. The van der Waals surface area contributed by atoms with Crippen LogP contribution in [0.5, 0.6) is 11.6 Å². The van der Waals surface area contributed by atoms with Gasteiger partial charge in [0.25, 0.3) is 0 Å². The Bertz CT molecular complexity index is 1220. The normalized spacial score (nSPS) is 11.2. The van der Waals surface area contributed by atoms with Crippen LogP contribution in [0.4, 0.5) is 10.2 Å². The number of pyridine rings is 2. The molecule has 0 bridgehead atoms. The van der Waals surface area contributed by atoms with Gasteiger partial charge in [-0.25, -0.2) is 9.37 Å². The van der Waals surface area contributed by atoms with Gasteiger partial charge in [0.1, 0.15) is 23.7 Å². The van der Waals surface area contributed by atoms with E-state index in [0.717, 1.165) is 22.6 Å². The number of ether oxygens (including phenoxy) is 2. The summed E-state index contributed by atoms with van der Waals surface area (Å²) in [7, 11) is 1.53. The van der Waals surface area contributed by atoms with Crippen molar-refractivity contribution in [2.75, 3.05) is 12.4 Å². The second-order valence-electron chi connectivity index (χ2n) is 7.38. The molecule has 0 saturated heterocycles. The van der Waals surface area contributed by atoms with Crippen molar-refractivity contribution in [3.05, 3.63) is 65.9 Å². The Hall–Kier alpha value is -3.68. The summed E-state index contributed by atoms with van der Waals surface area (Å²) in [6.07, 6.45) is 1.68. The lowest BCUT2D eigenvalue weighted by Gasteiger charge is -2.15. The number of rotatable bonds is 7. The third kappa shape index (κ3) is 4.14. The highest BCUT2D eigenvalue weighted by atomic mass is 19.1. The Balaban J connectivity index is 1.66. The first-order valence-electron chi connectivity index (χ1n) is 10.0. The van der Waals surface area contributed by atoms with E-state index in [1.807, 2.05) is 49.4 Å². The Kier molecular flexibility index (Phi) is 5.70. The number of hydrogen-bond acceptors (Lipinski definition) is 6. The number of aryl methyl sites for hydroxylation is 1. The number of benzene rings is 1. The summed E-state index contributed by atoms with van der Waals surface area (Å²) >= 11 is 0. The van der Waals surface area contributed by atoms with E-state index in [4.69, 9.17) is 9.47 Å². The molecule has 0 spiro atoms. The zero-order chi connectivity index (χ0) is 22.0. The highest BCUT2D eigenvalue weighted by Crippen LogP contribution is 2.30. The minimum absolute atomic E-state index is 0.0550. The summed E-state index contributed by atoms with van der Waals surface area (Å²) in [5.41, 5.74) is 3.80. The van der Waals surface area contributed by atoms with Crippen molar-refractivity contribution in [2.24, 2.45) is 0 Å². The van der Waals surface area contributed by atoms with Gasteiger partial charge in [0.2, 0.25) is 5.88 Å². The van der Waals surface area contributed by atoms with E-state index in [2.05, 4.69) is 20.5 Å². The van der Waals surface area contributed by atoms with Gasteiger partial charge in [-0.1, -0.05) is 6.07 Å². The third-order valence-corrected chi connectivity index (χ3v) is 4.91. The maximum atomic E-state index is 14.3. The smallest absolute Gasteiger partial charge is 0.213 e. The van der Waals surface area contributed by atoms with E-state index in [0.29, 0.717) is 22.8 Å². The molecule has 4 aromatic rings. The largest absolute Gasteiger partial charge is 0.496 e. The van der Waals surface area contributed by atoms with Crippen LogP contribution in [-0.2, 0) is 6.54 Å².